The number of benzene rings is 4. The smallest absolute Gasteiger partial charge is 0.132 e. The molecule has 4 aromatic rings. The molecule has 0 amide bonds. The Hall–Kier alpha value is -2.51. The normalized spacial score (nSPS) is 12.5. The molecule has 0 N–H and O–H groups in total. The zero-order valence-corrected chi connectivity index (χ0v) is 20.2. The summed E-state index contributed by atoms with van der Waals surface area (Å²) in [7, 11) is -3.08. The minimum Gasteiger partial charge on any atom is -0.242 e. The van der Waals surface area contributed by atoms with E-state index in [0.29, 0.717) is 15.9 Å². The van der Waals surface area contributed by atoms with Crippen LogP contribution in [0.25, 0.3) is 0 Å². The van der Waals surface area contributed by atoms with Crippen molar-refractivity contribution in [2.45, 2.75) is 19.9 Å². The van der Waals surface area contributed by atoms with Gasteiger partial charge >= 0.3 is 0 Å². The fourth-order valence-electron chi connectivity index (χ4n) is 3.71. The predicted octanol–water partition coefficient (Wildman–Crippen LogP) is 6.21. The van der Waals surface area contributed by atoms with Crippen LogP contribution in [0, 0.1) is 17.5 Å². The second-order valence-corrected chi connectivity index (χ2v) is 12.1. The fraction of sp³-hybridized carbons (Fsp3) is 0.111. The van der Waals surface area contributed by atoms with Crippen molar-refractivity contribution in [3.8, 4) is 0 Å². The summed E-state index contributed by atoms with van der Waals surface area (Å²) in [5.74, 6) is -1.11. The Morgan fingerprint density at radius 1 is 0.515 bits per heavy atom. The fourth-order valence-corrected chi connectivity index (χ4v) is 9.93. The van der Waals surface area contributed by atoms with E-state index in [1.807, 2.05) is 50.2 Å². The van der Waals surface area contributed by atoms with Crippen molar-refractivity contribution in [1.82, 2.24) is 4.44 Å². The largest absolute Gasteiger partial charge is 0.242 e. The standard InChI is InChI=1S/C27H24F3NP2/c1-20(2)31(32(21-12-4-3-5-13-21)25-17-9-6-14-22(25)28)33(26-18-10-7-15-23(26)29)27-19-11-8-16-24(27)30/h3-20H,1-2H3. The first-order valence-electron chi connectivity index (χ1n) is 10.7. The van der Waals surface area contributed by atoms with Crippen LogP contribution in [-0.2, 0) is 0 Å². The summed E-state index contributed by atoms with van der Waals surface area (Å²) in [5.41, 5.74) is 0. The molecule has 0 radical (unpaired) electrons. The van der Waals surface area contributed by atoms with Crippen LogP contribution in [0.4, 0.5) is 13.2 Å². The van der Waals surface area contributed by atoms with Crippen LogP contribution in [0.2, 0.25) is 0 Å². The molecule has 0 aromatic heterocycles. The second kappa shape index (κ2) is 10.6. The third-order valence-corrected chi connectivity index (χ3v) is 11.2. The highest BCUT2D eigenvalue weighted by Gasteiger charge is 2.36. The van der Waals surface area contributed by atoms with Crippen molar-refractivity contribution in [3.63, 3.8) is 0 Å². The van der Waals surface area contributed by atoms with Gasteiger partial charge in [0, 0.05) is 38.1 Å². The molecule has 1 unspecified atom stereocenters. The lowest BCUT2D eigenvalue weighted by Crippen LogP contribution is -2.37. The van der Waals surface area contributed by atoms with E-state index in [0.717, 1.165) is 5.30 Å². The van der Waals surface area contributed by atoms with E-state index in [2.05, 4.69) is 4.44 Å². The third-order valence-electron chi connectivity index (χ3n) is 5.11. The maximum absolute atomic E-state index is 15.2. The number of rotatable bonds is 7. The quantitative estimate of drug-likeness (QED) is 0.284. The Morgan fingerprint density at radius 3 is 1.27 bits per heavy atom. The molecule has 0 bridgehead atoms. The number of hydrogen-bond donors (Lipinski definition) is 0. The van der Waals surface area contributed by atoms with E-state index in [9.17, 15) is 0 Å². The lowest BCUT2D eigenvalue weighted by Gasteiger charge is -2.41. The van der Waals surface area contributed by atoms with Crippen LogP contribution in [-0.4, -0.2) is 10.5 Å². The van der Waals surface area contributed by atoms with Gasteiger partial charge in [0.1, 0.15) is 17.5 Å². The summed E-state index contributed by atoms with van der Waals surface area (Å²) in [6.07, 6.45) is 0. The first-order chi connectivity index (χ1) is 16.0. The van der Waals surface area contributed by atoms with E-state index in [1.54, 1.807) is 48.5 Å². The molecule has 0 aliphatic heterocycles. The van der Waals surface area contributed by atoms with E-state index < -0.39 is 27.8 Å². The molecule has 0 fully saturated rings. The molecule has 0 saturated heterocycles. The summed E-state index contributed by atoms with van der Waals surface area (Å²) in [6, 6.07) is 29.2. The van der Waals surface area contributed by atoms with Crippen molar-refractivity contribution in [3.05, 3.63) is 121 Å². The Labute approximate surface area is 195 Å². The van der Waals surface area contributed by atoms with Gasteiger partial charge in [-0.05, 0) is 55.6 Å². The van der Waals surface area contributed by atoms with Crippen LogP contribution in [0.1, 0.15) is 13.8 Å². The zero-order chi connectivity index (χ0) is 23.4. The van der Waals surface area contributed by atoms with Gasteiger partial charge in [0.05, 0.1) is 0 Å². The minimum atomic E-state index is -1.65. The van der Waals surface area contributed by atoms with Crippen molar-refractivity contribution < 1.29 is 13.2 Å². The van der Waals surface area contributed by atoms with Gasteiger partial charge in [-0.2, -0.15) is 0 Å². The van der Waals surface area contributed by atoms with Gasteiger partial charge in [0.25, 0.3) is 0 Å². The molecule has 1 nitrogen and oxygen atoms in total. The highest BCUT2D eigenvalue weighted by Crippen LogP contribution is 2.56. The van der Waals surface area contributed by atoms with E-state index >= 15 is 13.2 Å². The molecule has 0 heterocycles. The Balaban J connectivity index is 2.02. The van der Waals surface area contributed by atoms with Crippen molar-refractivity contribution in [2.24, 2.45) is 0 Å². The van der Waals surface area contributed by atoms with Crippen LogP contribution >= 0.6 is 16.1 Å². The summed E-state index contributed by atoms with van der Waals surface area (Å²) in [5, 5.41) is 2.30. The number of nitrogens with zero attached hydrogens (tertiary/aromatic N) is 1. The maximum atomic E-state index is 15.2. The van der Waals surface area contributed by atoms with Crippen molar-refractivity contribution >= 4 is 37.4 Å². The molecule has 0 aliphatic rings. The van der Waals surface area contributed by atoms with Crippen LogP contribution in [0.3, 0.4) is 0 Å². The van der Waals surface area contributed by atoms with Crippen LogP contribution in [0.5, 0.6) is 0 Å². The number of halogens is 3. The Kier molecular flexibility index (Phi) is 7.60. The lowest BCUT2D eigenvalue weighted by molar-refractivity contribution is 0.576. The average Bonchev–Trinajstić information content (AvgIpc) is 2.82. The van der Waals surface area contributed by atoms with E-state index in [1.165, 1.54) is 18.2 Å². The lowest BCUT2D eigenvalue weighted by atomic mass is 10.3. The molecular weight excluding hydrogens is 457 g/mol. The van der Waals surface area contributed by atoms with Crippen molar-refractivity contribution in [2.75, 3.05) is 0 Å². The van der Waals surface area contributed by atoms with E-state index in [-0.39, 0.29) is 11.9 Å². The maximum Gasteiger partial charge on any atom is 0.132 e. The molecule has 4 aromatic carbocycles. The predicted molar refractivity (Wildman–Crippen MR) is 135 cm³/mol. The minimum absolute atomic E-state index is 0.124. The van der Waals surface area contributed by atoms with Crippen LogP contribution < -0.4 is 21.2 Å². The highest BCUT2D eigenvalue weighted by atomic mass is 31.2. The second-order valence-electron chi connectivity index (χ2n) is 7.73. The van der Waals surface area contributed by atoms with Gasteiger partial charge in [-0.25, -0.2) is 17.6 Å². The van der Waals surface area contributed by atoms with Gasteiger partial charge in [0.15, 0.2) is 0 Å². The van der Waals surface area contributed by atoms with Gasteiger partial charge in [0.2, 0.25) is 0 Å². The van der Waals surface area contributed by atoms with Crippen molar-refractivity contribution in [1.29, 1.82) is 0 Å². The topological polar surface area (TPSA) is 3.24 Å². The molecule has 0 spiro atoms. The van der Waals surface area contributed by atoms with Gasteiger partial charge in [-0.15, -0.1) is 0 Å². The molecular formula is C27H24F3NP2. The van der Waals surface area contributed by atoms with Gasteiger partial charge < -0.3 is 0 Å². The molecule has 168 valence electrons. The molecule has 33 heavy (non-hydrogen) atoms. The third kappa shape index (κ3) is 5.04. The van der Waals surface area contributed by atoms with E-state index in [4.69, 9.17) is 0 Å². The monoisotopic (exact) mass is 481 g/mol. The molecule has 0 saturated carbocycles. The first-order valence-corrected chi connectivity index (χ1v) is 13.3. The van der Waals surface area contributed by atoms with Crippen LogP contribution in [0.15, 0.2) is 103 Å². The summed E-state index contributed by atoms with van der Waals surface area (Å²) >= 11 is 0. The van der Waals surface area contributed by atoms with Gasteiger partial charge in [-0.3, -0.25) is 0 Å². The Bertz CT molecular complexity index is 1170. The summed E-state index contributed by atoms with van der Waals surface area (Å²) in [6.45, 7) is 3.99. The average molecular weight is 481 g/mol. The summed E-state index contributed by atoms with van der Waals surface area (Å²) in [4.78, 5) is 0. The Morgan fingerprint density at radius 2 is 0.879 bits per heavy atom. The molecule has 4 rings (SSSR count). The summed E-state index contributed by atoms with van der Waals surface area (Å²) < 4.78 is 47.8. The molecule has 0 aliphatic carbocycles. The number of hydrogen-bond acceptors (Lipinski definition) is 1. The first kappa shape index (κ1) is 23.6. The van der Waals surface area contributed by atoms with Gasteiger partial charge in [-0.1, -0.05) is 66.7 Å². The highest BCUT2D eigenvalue weighted by molar-refractivity contribution is 7.84. The zero-order valence-electron chi connectivity index (χ0n) is 18.4. The molecule has 1 atom stereocenters. The molecule has 6 heteroatoms. The SMILES string of the molecule is CC(C)N(P(c1ccccc1)c1ccccc1F)P(c1ccccc1F)c1ccccc1F.